The Morgan fingerprint density at radius 2 is 1.72 bits per heavy atom. The summed E-state index contributed by atoms with van der Waals surface area (Å²) in [6.07, 6.45) is 1.33. The summed E-state index contributed by atoms with van der Waals surface area (Å²) >= 11 is 5.75. The third-order valence-corrected chi connectivity index (χ3v) is 3.02. The molecule has 0 aliphatic carbocycles. The van der Waals surface area contributed by atoms with Crippen molar-refractivity contribution in [2.75, 3.05) is 13.2 Å². The van der Waals surface area contributed by atoms with Crippen LogP contribution >= 0.6 is 11.6 Å². The molecule has 18 heavy (non-hydrogen) atoms. The summed E-state index contributed by atoms with van der Waals surface area (Å²) in [6.45, 7) is 0.907. The summed E-state index contributed by atoms with van der Waals surface area (Å²) in [6, 6.07) is 7.08. The molecule has 5 heteroatoms. The van der Waals surface area contributed by atoms with Crippen LogP contribution in [0.1, 0.15) is 19.3 Å². The fraction of sp³-hybridized carbons (Fsp3) is 0.385. The van der Waals surface area contributed by atoms with Crippen LogP contribution in [0.15, 0.2) is 24.3 Å². The van der Waals surface area contributed by atoms with Crippen molar-refractivity contribution in [2.45, 2.75) is 19.3 Å². The van der Waals surface area contributed by atoms with E-state index in [1.54, 1.807) is 24.3 Å². The van der Waals surface area contributed by atoms with Crippen molar-refractivity contribution in [3.05, 3.63) is 29.3 Å². The van der Waals surface area contributed by atoms with Gasteiger partial charge < -0.3 is 4.74 Å². The SMILES string of the molecule is O=C1CCC(=O)N1CCCOc1ccc(Cl)cc1. The highest BCUT2D eigenvalue weighted by atomic mass is 35.5. The van der Waals surface area contributed by atoms with Gasteiger partial charge in [-0.1, -0.05) is 11.6 Å². The van der Waals surface area contributed by atoms with E-state index in [4.69, 9.17) is 16.3 Å². The highest BCUT2D eigenvalue weighted by Crippen LogP contribution is 2.16. The lowest BCUT2D eigenvalue weighted by Gasteiger charge is -2.13. The molecule has 0 radical (unpaired) electrons. The van der Waals surface area contributed by atoms with Gasteiger partial charge in [0.2, 0.25) is 11.8 Å². The molecule has 0 bridgehead atoms. The van der Waals surface area contributed by atoms with Crippen LogP contribution < -0.4 is 4.74 Å². The van der Waals surface area contributed by atoms with Gasteiger partial charge in [0.15, 0.2) is 0 Å². The topological polar surface area (TPSA) is 46.6 Å². The Hall–Kier alpha value is -1.55. The van der Waals surface area contributed by atoms with E-state index in [2.05, 4.69) is 0 Å². The smallest absolute Gasteiger partial charge is 0.229 e. The van der Waals surface area contributed by atoms with E-state index >= 15 is 0 Å². The molecule has 0 N–H and O–H groups in total. The molecule has 0 atom stereocenters. The molecule has 1 saturated heterocycles. The maximum absolute atomic E-state index is 11.3. The first-order chi connectivity index (χ1) is 8.66. The zero-order chi connectivity index (χ0) is 13.0. The number of hydrogen-bond donors (Lipinski definition) is 0. The quantitative estimate of drug-likeness (QED) is 0.607. The Morgan fingerprint density at radius 3 is 2.33 bits per heavy atom. The third-order valence-electron chi connectivity index (χ3n) is 2.76. The molecule has 2 rings (SSSR count). The summed E-state index contributed by atoms with van der Waals surface area (Å²) in [5.41, 5.74) is 0. The average molecular weight is 268 g/mol. The third kappa shape index (κ3) is 3.23. The Labute approximate surface area is 110 Å². The van der Waals surface area contributed by atoms with Crippen molar-refractivity contribution in [1.29, 1.82) is 0 Å². The fourth-order valence-corrected chi connectivity index (χ4v) is 1.94. The predicted octanol–water partition coefficient (Wildman–Crippen LogP) is 2.26. The lowest BCUT2D eigenvalue weighted by atomic mass is 10.3. The highest BCUT2D eigenvalue weighted by molar-refractivity contribution is 6.30. The lowest BCUT2D eigenvalue weighted by Crippen LogP contribution is -2.30. The molecule has 1 aliphatic rings. The van der Waals surface area contributed by atoms with Gasteiger partial charge in [0.1, 0.15) is 5.75 Å². The molecule has 0 spiro atoms. The average Bonchev–Trinajstić information content (AvgIpc) is 2.68. The van der Waals surface area contributed by atoms with Gasteiger partial charge in [0, 0.05) is 24.4 Å². The number of likely N-dealkylation sites (tertiary alicyclic amines) is 1. The standard InChI is InChI=1S/C13H14ClNO3/c14-10-2-4-11(5-3-10)18-9-1-8-15-12(16)6-7-13(15)17/h2-5H,1,6-9H2. The van der Waals surface area contributed by atoms with Crippen LogP contribution in [0.2, 0.25) is 5.02 Å². The largest absolute Gasteiger partial charge is 0.494 e. The molecule has 0 unspecified atom stereocenters. The molecule has 0 aromatic heterocycles. The minimum Gasteiger partial charge on any atom is -0.494 e. The zero-order valence-corrected chi connectivity index (χ0v) is 10.7. The van der Waals surface area contributed by atoms with E-state index in [1.165, 1.54) is 4.90 Å². The molecule has 2 amide bonds. The molecule has 96 valence electrons. The van der Waals surface area contributed by atoms with Gasteiger partial charge in [-0.2, -0.15) is 0 Å². The summed E-state index contributed by atoms with van der Waals surface area (Å²) in [5.74, 6) is 0.580. The number of hydrogen-bond acceptors (Lipinski definition) is 3. The number of benzene rings is 1. The van der Waals surface area contributed by atoms with Crippen molar-refractivity contribution in [3.8, 4) is 5.75 Å². The Morgan fingerprint density at radius 1 is 1.11 bits per heavy atom. The lowest BCUT2D eigenvalue weighted by molar-refractivity contribution is -0.138. The first kappa shape index (κ1) is 12.9. The van der Waals surface area contributed by atoms with E-state index < -0.39 is 0 Å². The summed E-state index contributed by atoms with van der Waals surface area (Å²) in [7, 11) is 0. The normalized spacial score (nSPS) is 15.3. The van der Waals surface area contributed by atoms with Crippen LogP contribution in [0, 0.1) is 0 Å². The molecule has 1 aromatic carbocycles. The van der Waals surface area contributed by atoms with Crippen LogP contribution in [-0.4, -0.2) is 29.9 Å². The maximum atomic E-state index is 11.3. The number of halogens is 1. The predicted molar refractivity (Wildman–Crippen MR) is 67.5 cm³/mol. The minimum atomic E-state index is -0.0773. The molecule has 1 fully saturated rings. The van der Waals surface area contributed by atoms with Crippen LogP contribution in [0.25, 0.3) is 0 Å². The van der Waals surface area contributed by atoms with Crippen molar-refractivity contribution in [1.82, 2.24) is 4.90 Å². The summed E-state index contributed by atoms with van der Waals surface area (Å²) in [5, 5.41) is 0.663. The molecular weight excluding hydrogens is 254 g/mol. The Kier molecular flexibility index (Phi) is 4.20. The second kappa shape index (κ2) is 5.87. The van der Waals surface area contributed by atoms with Gasteiger partial charge in [-0.3, -0.25) is 14.5 Å². The second-order valence-electron chi connectivity index (χ2n) is 4.10. The molecule has 0 saturated carbocycles. The van der Waals surface area contributed by atoms with E-state index in [0.29, 0.717) is 37.4 Å². The molecule has 1 aromatic rings. The van der Waals surface area contributed by atoms with Crippen LogP contribution in [-0.2, 0) is 9.59 Å². The number of carbonyl (C=O) groups excluding carboxylic acids is 2. The van der Waals surface area contributed by atoms with Crippen molar-refractivity contribution >= 4 is 23.4 Å². The number of nitrogens with zero attached hydrogens (tertiary/aromatic N) is 1. The van der Waals surface area contributed by atoms with Crippen LogP contribution in [0.5, 0.6) is 5.75 Å². The summed E-state index contributed by atoms with van der Waals surface area (Å²) in [4.78, 5) is 24.0. The molecular formula is C13H14ClNO3. The van der Waals surface area contributed by atoms with Gasteiger partial charge in [0.05, 0.1) is 6.61 Å². The number of imide groups is 1. The van der Waals surface area contributed by atoms with E-state index in [1.807, 2.05) is 0 Å². The van der Waals surface area contributed by atoms with E-state index in [-0.39, 0.29) is 11.8 Å². The van der Waals surface area contributed by atoms with Gasteiger partial charge >= 0.3 is 0 Å². The number of carbonyl (C=O) groups is 2. The maximum Gasteiger partial charge on any atom is 0.229 e. The Bertz CT molecular complexity index is 428. The van der Waals surface area contributed by atoms with E-state index in [9.17, 15) is 9.59 Å². The number of rotatable bonds is 5. The fourth-order valence-electron chi connectivity index (χ4n) is 1.82. The monoisotopic (exact) mass is 267 g/mol. The van der Waals surface area contributed by atoms with Gasteiger partial charge in [0.25, 0.3) is 0 Å². The highest BCUT2D eigenvalue weighted by Gasteiger charge is 2.27. The molecule has 1 heterocycles. The first-order valence-electron chi connectivity index (χ1n) is 5.88. The van der Waals surface area contributed by atoms with Gasteiger partial charge in [-0.25, -0.2) is 0 Å². The molecule has 1 aliphatic heterocycles. The Balaban J connectivity index is 1.71. The first-order valence-corrected chi connectivity index (χ1v) is 6.26. The molecule has 4 nitrogen and oxygen atoms in total. The van der Waals surface area contributed by atoms with Gasteiger partial charge in [-0.15, -0.1) is 0 Å². The van der Waals surface area contributed by atoms with E-state index in [0.717, 1.165) is 5.75 Å². The van der Waals surface area contributed by atoms with Crippen molar-refractivity contribution in [3.63, 3.8) is 0 Å². The number of ether oxygens (including phenoxy) is 1. The minimum absolute atomic E-state index is 0.0773. The summed E-state index contributed by atoms with van der Waals surface area (Å²) < 4.78 is 5.48. The van der Waals surface area contributed by atoms with Crippen LogP contribution in [0.4, 0.5) is 0 Å². The van der Waals surface area contributed by atoms with Crippen molar-refractivity contribution in [2.24, 2.45) is 0 Å². The van der Waals surface area contributed by atoms with Crippen molar-refractivity contribution < 1.29 is 14.3 Å². The van der Waals surface area contributed by atoms with Gasteiger partial charge in [-0.05, 0) is 30.7 Å². The van der Waals surface area contributed by atoms with Crippen LogP contribution in [0.3, 0.4) is 0 Å². The second-order valence-corrected chi connectivity index (χ2v) is 4.53. The zero-order valence-electron chi connectivity index (χ0n) is 9.89. The number of amides is 2.